The Balaban J connectivity index is 1.69. The van der Waals surface area contributed by atoms with Crippen molar-refractivity contribution in [2.75, 3.05) is 26.0 Å². The smallest absolute Gasteiger partial charge is 0.262 e. The molecule has 8 heteroatoms. The topological polar surface area (TPSA) is 79.3 Å². The van der Waals surface area contributed by atoms with Crippen LogP contribution in [0.3, 0.4) is 0 Å². The molecule has 152 valence electrons. The molecule has 0 radical (unpaired) electrons. The van der Waals surface area contributed by atoms with Gasteiger partial charge in [0, 0.05) is 19.2 Å². The van der Waals surface area contributed by atoms with E-state index in [9.17, 15) is 9.59 Å². The Morgan fingerprint density at radius 1 is 1.17 bits per heavy atom. The summed E-state index contributed by atoms with van der Waals surface area (Å²) >= 11 is 1.35. The maximum absolute atomic E-state index is 12.9. The number of rotatable bonds is 9. The van der Waals surface area contributed by atoms with Crippen molar-refractivity contribution < 1.29 is 9.59 Å². The molecule has 2 aromatic heterocycles. The number of hydrogen-bond donors (Lipinski definition) is 2. The van der Waals surface area contributed by atoms with Gasteiger partial charge in [-0.25, -0.2) is 0 Å². The number of thiophene rings is 1. The van der Waals surface area contributed by atoms with Gasteiger partial charge in [-0.1, -0.05) is 36.4 Å². The third kappa shape index (κ3) is 6.27. The number of carbonyl (C=O) groups excluding carboxylic acids is 2. The zero-order valence-corrected chi connectivity index (χ0v) is 17.4. The first-order valence-corrected chi connectivity index (χ1v) is 10.3. The molecule has 0 aliphatic rings. The molecule has 3 aromatic rings. The average Bonchev–Trinajstić information content (AvgIpc) is 3.39. The fraction of sp³-hybridized carbons (Fsp3) is 0.286. The van der Waals surface area contributed by atoms with E-state index >= 15 is 0 Å². The predicted octanol–water partition coefficient (Wildman–Crippen LogP) is 2.49. The van der Waals surface area contributed by atoms with Crippen LogP contribution in [0.25, 0.3) is 0 Å². The minimum atomic E-state index is -0.697. The summed E-state index contributed by atoms with van der Waals surface area (Å²) in [4.78, 5) is 28.1. The van der Waals surface area contributed by atoms with Crippen molar-refractivity contribution in [2.45, 2.75) is 19.0 Å². The first-order valence-electron chi connectivity index (χ1n) is 9.37. The van der Waals surface area contributed by atoms with E-state index in [-0.39, 0.29) is 11.8 Å². The second-order valence-electron chi connectivity index (χ2n) is 6.98. The lowest BCUT2D eigenvalue weighted by Crippen LogP contribution is -2.45. The van der Waals surface area contributed by atoms with E-state index in [1.807, 2.05) is 55.9 Å². The molecule has 2 N–H and O–H groups in total. The molecule has 0 bridgehead atoms. The van der Waals surface area contributed by atoms with Crippen LogP contribution in [0.1, 0.15) is 15.2 Å². The first kappa shape index (κ1) is 20.8. The number of anilines is 1. The third-order valence-electron chi connectivity index (χ3n) is 4.33. The van der Waals surface area contributed by atoms with Gasteiger partial charge in [0.25, 0.3) is 5.91 Å². The van der Waals surface area contributed by atoms with Crippen molar-refractivity contribution in [2.24, 2.45) is 0 Å². The van der Waals surface area contributed by atoms with Crippen molar-refractivity contribution in [1.82, 2.24) is 20.0 Å². The van der Waals surface area contributed by atoms with E-state index in [2.05, 4.69) is 20.6 Å². The number of nitrogens with zero attached hydrogens (tertiary/aromatic N) is 3. The molecular weight excluding hydrogens is 386 g/mol. The molecule has 0 aliphatic carbocycles. The van der Waals surface area contributed by atoms with E-state index in [4.69, 9.17) is 0 Å². The Kier molecular flexibility index (Phi) is 7.15. The van der Waals surface area contributed by atoms with E-state index in [1.165, 1.54) is 11.3 Å². The zero-order valence-electron chi connectivity index (χ0n) is 16.5. The fourth-order valence-electron chi connectivity index (χ4n) is 2.78. The lowest BCUT2D eigenvalue weighted by Gasteiger charge is -2.18. The van der Waals surface area contributed by atoms with Crippen LogP contribution in [0.2, 0.25) is 0 Å². The van der Waals surface area contributed by atoms with Crippen molar-refractivity contribution in [1.29, 1.82) is 0 Å². The van der Waals surface area contributed by atoms with E-state index in [0.29, 0.717) is 17.0 Å². The Bertz CT molecular complexity index is 922. The minimum absolute atomic E-state index is 0.252. The maximum atomic E-state index is 12.9. The molecule has 0 fully saturated rings. The second-order valence-corrected chi connectivity index (χ2v) is 7.93. The molecule has 1 atom stereocenters. The summed E-state index contributed by atoms with van der Waals surface area (Å²) in [5.74, 6) is -0.524. The van der Waals surface area contributed by atoms with Gasteiger partial charge in [0.05, 0.1) is 23.3 Å². The van der Waals surface area contributed by atoms with Crippen LogP contribution in [0.5, 0.6) is 0 Å². The molecule has 7 nitrogen and oxygen atoms in total. The predicted molar refractivity (Wildman–Crippen MR) is 115 cm³/mol. The molecule has 29 heavy (non-hydrogen) atoms. The lowest BCUT2D eigenvalue weighted by atomic mass is 10.1. The number of amides is 2. The molecule has 0 aliphatic heterocycles. The van der Waals surface area contributed by atoms with Gasteiger partial charge in [0.2, 0.25) is 5.91 Å². The molecule has 2 amide bonds. The first-order chi connectivity index (χ1) is 14.0. The Hall–Kier alpha value is -2.97. The summed E-state index contributed by atoms with van der Waals surface area (Å²) in [6, 6.07) is 12.5. The molecular formula is C21H25N5O2S. The van der Waals surface area contributed by atoms with Gasteiger partial charge >= 0.3 is 0 Å². The number of carbonyl (C=O) groups is 2. The van der Waals surface area contributed by atoms with Crippen molar-refractivity contribution >= 4 is 28.8 Å². The molecule has 0 saturated carbocycles. The van der Waals surface area contributed by atoms with Gasteiger partial charge in [-0.05, 0) is 31.1 Å². The fourth-order valence-corrected chi connectivity index (χ4v) is 3.41. The largest absolute Gasteiger partial charge is 0.339 e. The van der Waals surface area contributed by atoms with Gasteiger partial charge in [-0.2, -0.15) is 5.10 Å². The highest BCUT2D eigenvalue weighted by atomic mass is 32.1. The standard InChI is InChI=1S/C21H25N5O2S/c1-25(2)10-11-26-15-17(14-22-26)23-20(27)18(13-16-7-4-3-5-8-16)24-21(28)19-9-6-12-29-19/h3-9,12,14-15,18H,10-11,13H2,1-2H3,(H,23,27)(H,24,28). The van der Waals surface area contributed by atoms with E-state index in [0.717, 1.165) is 18.7 Å². The van der Waals surface area contributed by atoms with E-state index < -0.39 is 6.04 Å². The summed E-state index contributed by atoms with van der Waals surface area (Å²) in [6.45, 7) is 1.58. The Labute approximate surface area is 174 Å². The number of nitrogens with one attached hydrogen (secondary N) is 2. The SMILES string of the molecule is CN(C)CCn1cc(NC(=O)C(Cc2ccccc2)NC(=O)c2cccs2)cn1. The zero-order chi connectivity index (χ0) is 20.6. The molecule has 2 heterocycles. The highest BCUT2D eigenvalue weighted by Gasteiger charge is 2.23. The average molecular weight is 412 g/mol. The summed E-state index contributed by atoms with van der Waals surface area (Å²) in [6.07, 6.45) is 3.81. The van der Waals surface area contributed by atoms with Gasteiger partial charge in [-0.3, -0.25) is 14.3 Å². The van der Waals surface area contributed by atoms with Crippen LogP contribution in [0.15, 0.2) is 60.2 Å². The molecule has 3 rings (SSSR count). The summed E-state index contributed by atoms with van der Waals surface area (Å²) in [5.41, 5.74) is 1.58. The van der Waals surface area contributed by atoms with Gasteiger partial charge in [0.15, 0.2) is 0 Å². The number of hydrogen-bond acceptors (Lipinski definition) is 5. The van der Waals surface area contributed by atoms with Crippen LogP contribution in [-0.2, 0) is 17.8 Å². The molecule has 0 saturated heterocycles. The molecule has 1 unspecified atom stereocenters. The Morgan fingerprint density at radius 2 is 1.97 bits per heavy atom. The van der Waals surface area contributed by atoms with Gasteiger partial charge in [0.1, 0.15) is 6.04 Å². The normalized spacial score (nSPS) is 12.0. The Morgan fingerprint density at radius 3 is 2.66 bits per heavy atom. The molecule has 0 spiro atoms. The quantitative estimate of drug-likeness (QED) is 0.567. The highest BCUT2D eigenvalue weighted by Crippen LogP contribution is 2.12. The summed E-state index contributed by atoms with van der Waals surface area (Å²) < 4.78 is 1.78. The maximum Gasteiger partial charge on any atom is 0.262 e. The van der Waals surface area contributed by atoms with Gasteiger partial charge < -0.3 is 15.5 Å². The van der Waals surface area contributed by atoms with Crippen LogP contribution in [0, 0.1) is 0 Å². The van der Waals surface area contributed by atoms with Crippen molar-refractivity contribution in [3.63, 3.8) is 0 Å². The summed E-state index contributed by atoms with van der Waals surface area (Å²) in [7, 11) is 3.99. The lowest BCUT2D eigenvalue weighted by molar-refractivity contribution is -0.118. The van der Waals surface area contributed by atoms with E-state index in [1.54, 1.807) is 23.1 Å². The van der Waals surface area contributed by atoms with Crippen LogP contribution in [0.4, 0.5) is 5.69 Å². The number of likely N-dealkylation sites (N-methyl/N-ethyl adjacent to an activating group) is 1. The van der Waals surface area contributed by atoms with Crippen LogP contribution < -0.4 is 10.6 Å². The number of aromatic nitrogens is 2. The van der Waals surface area contributed by atoms with Crippen molar-refractivity contribution in [3.05, 3.63) is 70.7 Å². The monoisotopic (exact) mass is 411 g/mol. The minimum Gasteiger partial charge on any atom is -0.339 e. The molecule has 1 aromatic carbocycles. The van der Waals surface area contributed by atoms with Crippen LogP contribution >= 0.6 is 11.3 Å². The van der Waals surface area contributed by atoms with Gasteiger partial charge in [-0.15, -0.1) is 11.3 Å². The summed E-state index contributed by atoms with van der Waals surface area (Å²) in [5, 5.41) is 11.8. The third-order valence-corrected chi connectivity index (χ3v) is 5.20. The van der Waals surface area contributed by atoms with Crippen LogP contribution in [-0.4, -0.2) is 53.2 Å². The number of benzene rings is 1. The highest BCUT2D eigenvalue weighted by molar-refractivity contribution is 7.12. The van der Waals surface area contributed by atoms with Crippen molar-refractivity contribution in [3.8, 4) is 0 Å². The second kappa shape index (κ2) is 9.99.